The normalized spacial score (nSPS) is 22.9. The van der Waals surface area contributed by atoms with Crippen molar-refractivity contribution in [3.05, 3.63) is 36.4 Å². The first-order chi connectivity index (χ1) is 13.6. The molecule has 154 valence electrons. The Balaban J connectivity index is 1.84. The molecule has 4 rings (SSSR count). The van der Waals surface area contributed by atoms with Gasteiger partial charge in [0.05, 0.1) is 22.4 Å². The molecule has 2 aromatic carbocycles. The fraction of sp³-hybridized carbons (Fsp3) is 0.455. The number of carbonyl (C=O) groups excluding carboxylic acids is 2. The number of rotatable bonds is 3. The van der Waals surface area contributed by atoms with E-state index in [1.807, 2.05) is 0 Å². The second-order valence-corrected chi connectivity index (χ2v) is 10.6. The van der Waals surface area contributed by atoms with E-state index in [2.05, 4.69) is 4.72 Å². The van der Waals surface area contributed by atoms with E-state index in [1.54, 1.807) is 57.2 Å². The van der Waals surface area contributed by atoms with Crippen LogP contribution in [0.1, 0.15) is 46.5 Å². The summed E-state index contributed by atoms with van der Waals surface area (Å²) in [6, 6.07) is 10.1. The van der Waals surface area contributed by atoms with E-state index in [-0.39, 0.29) is 28.5 Å². The Bertz CT molecular complexity index is 1080. The maximum absolute atomic E-state index is 13.0. The van der Waals surface area contributed by atoms with E-state index in [1.165, 1.54) is 4.90 Å². The van der Waals surface area contributed by atoms with Crippen molar-refractivity contribution in [1.29, 1.82) is 0 Å². The Labute approximate surface area is 171 Å². The summed E-state index contributed by atoms with van der Waals surface area (Å²) < 4.78 is 28.6. The highest BCUT2D eigenvalue weighted by molar-refractivity contribution is 7.89. The lowest BCUT2D eigenvalue weighted by Gasteiger charge is -2.22. The number of nitrogens with one attached hydrogen (secondary N) is 1. The molecule has 0 bridgehead atoms. The molecule has 1 saturated carbocycles. The molecule has 7 heteroatoms. The second kappa shape index (κ2) is 6.92. The number of anilines is 1. The highest BCUT2D eigenvalue weighted by Gasteiger charge is 2.49. The predicted molar refractivity (Wildman–Crippen MR) is 112 cm³/mol. The molecule has 29 heavy (non-hydrogen) atoms. The number of sulfonamides is 1. The van der Waals surface area contributed by atoms with Gasteiger partial charge in [-0.3, -0.25) is 9.59 Å². The second-order valence-electron chi connectivity index (χ2n) is 8.99. The summed E-state index contributed by atoms with van der Waals surface area (Å²) in [5, 5.41) is 1.09. The number of fused-ring (bicyclic) bond motifs is 2. The number of nitrogens with zero attached hydrogens (tertiary/aromatic N) is 1. The molecule has 1 heterocycles. The number of benzene rings is 2. The maximum Gasteiger partial charge on any atom is 0.241 e. The van der Waals surface area contributed by atoms with Crippen LogP contribution in [0.4, 0.5) is 5.69 Å². The largest absolute Gasteiger partial charge is 0.274 e. The number of imide groups is 1. The summed E-state index contributed by atoms with van der Waals surface area (Å²) in [4.78, 5) is 27.5. The summed E-state index contributed by atoms with van der Waals surface area (Å²) in [6.07, 6.45) is 3.41. The van der Waals surface area contributed by atoms with E-state index in [9.17, 15) is 18.0 Å². The highest BCUT2D eigenvalue weighted by Crippen LogP contribution is 2.42. The van der Waals surface area contributed by atoms with Gasteiger partial charge >= 0.3 is 0 Å². The lowest BCUT2D eigenvalue weighted by atomic mass is 9.81. The van der Waals surface area contributed by atoms with Crippen molar-refractivity contribution in [2.24, 2.45) is 11.8 Å². The first kappa shape index (κ1) is 20.0. The number of carbonyl (C=O) groups is 2. The first-order valence-corrected chi connectivity index (χ1v) is 11.5. The molecule has 0 spiro atoms. The maximum atomic E-state index is 13.0. The van der Waals surface area contributed by atoms with Gasteiger partial charge in [0.25, 0.3) is 0 Å². The third-order valence-electron chi connectivity index (χ3n) is 5.67. The monoisotopic (exact) mass is 414 g/mol. The summed E-state index contributed by atoms with van der Waals surface area (Å²) in [5.74, 6) is -0.816. The average molecular weight is 415 g/mol. The molecule has 0 radical (unpaired) electrons. The highest BCUT2D eigenvalue weighted by atomic mass is 32.2. The topological polar surface area (TPSA) is 83.6 Å². The summed E-state index contributed by atoms with van der Waals surface area (Å²) in [7, 11) is -3.77. The van der Waals surface area contributed by atoms with Crippen LogP contribution in [-0.2, 0) is 19.6 Å². The standard InChI is InChI=1S/C22H26N2O4S/c1-22(2,3)23-29(27,28)19-13-7-10-14-15(19)11-6-12-18(14)24-20(25)16-8-4-5-9-17(16)21(24)26/h6-7,10-13,16-17,23H,4-5,8-9H2,1-3H3. The predicted octanol–water partition coefficient (Wildman–Crippen LogP) is 3.60. The molecule has 1 saturated heterocycles. The van der Waals surface area contributed by atoms with Crippen LogP contribution >= 0.6 is 0 Å². The van der Waals surface area contributed by atoms with Gasteiger partial charge in [0.15, 0.2) is 0 Å². The number of hydrogen-bond donors (Lipinski definition) is 1. The van der Waals surface area contributed by atoms with Crippen LogP contribution in [0.25, 0.3) is 10.8 Å². The first-order valence-electron chi connectivity index (χ1n) is 10.0. The Morgan fingerprint density at radius 3 is 2.03 bits per heavy atom. The average Bonchev–Trinajstić information content (AvgIpc) is 2.90. The minimum Gasteiger partial charge on any atom is -0.274 e. The van der Waals surface area contributed by atoms with Gasteiger partial charge < -0.3 is 0 Å². The Morgan fingerprint density at radius 2 is 1.45 bits per heavy atom. The van der Waals surface area contributed by atoms with Gasteiger partial charge in [-0.05, 0) is 45.7 Å². The van der Waals surface area contributed by atoms with Gasteiger partial charge in [0, 0.05) is 16.3 Å². The molecule has 2 atom stereocenters. The van der Waals surface area contributed by atoms with Crippen LogP contribution in [0, 0.1) is 11.8 Å². The molecule has 1 aliphatic heterocycles. The lowest BCUT2D eigenvalue weighted by Crippen LogP contribution is -2.40. The molecule has 2 aliphatic rings. The van der Waals surface area contributed by atoms with Crippen molar-refractivity contribution in [2.75, 3.05) is 4.90 Å². The van der Waals surface area contributed by atoms with Crippen molar-refractivity contribution in [2.45, 2.75) is 56.9 Å². The molecule has 1 N–H and O–H groups in total. The summed E-state index contributed by atoms with van der Waals surface area (Å²) >= 11 is 0. The fourth-order valence-corrected chi connectivity index (χ4v) is 6.19. The van der Waals surface area contributed by atoms with Crippen molar-refractivity contribution in [1.82, 2.24) is 4.72 Å². The molecule has 2 amide bonds. The Kier molecular flexibility index (Phi) is 4.78. The van der Waals surface area contributed by atoms with Crippen LogP contribution in [0.5, 0.6) is 0 Å². The van der Waals surface area contributed by atoms with Crippen LogP contribution in [-0.4, -0.2) is 25.8 Å². The molecule has 1 aliphatic carbocycles. The smallest absolute Gasteiger partial charge is 0.241 e. The zero-order valence-electron chi connectivity index (χ0n) is 16.9. The molecule has 2 aromatic rings. The van der Waals surface area contributed by atoms with Gasteiger partial charge in [-0.1, -0.05) is 37.1 Å². The van der Waals surface area contributed by atoms with Crippen molar-refractivity contribution in [3.8, 4) is 0 Å². The molecular formula is C22H26N2O4S. The van der Waals surface area contributed by atoms with E-state index in [0.29, 0.717) is 16.5 Å². The zero-order valence-corrected chi connectivity index (χ0v) is 17.8. The molecular weight excluding hydrogens is 388 g/mol. The van der Waals surface area contributed by atoms with Crippen molar-refractivity contribution >= 4 is 38.3 Å². The van der Waals surface area contributed by atoms with E-state index < -0.39 is 15.6 Å². The Morgan fingerprint density at radius 1 is 0.897 bits per heavy atom. The summed E-state index contributed by atoms with van der Waals surface area (Å²) in [5.41, 5.74) is -0.158. The summed E-state index contributed by atoms with van der Waals surface area (Å²) in [6.45, 7) is 5.35. The van der Waals surface area contributed by atoms with Gasteiger partial charge in [-0.15, -0.1) is 0 Å². The SMILES string of the molecule is CC(C)(C)NS(=O)(=O)c1cccc2c(N3C(=O)C4CCCCC4C3=O)cccc12. The third-order valence-corrected chi connectivity index (χ3v) is 7.49. The van der Waals surface area contributed by atoms with E-state index >= 15 is 0 Å². The van der Waals surface area contributed by atoms with Crippen LogP contribution in [0.15, 0.2) is 41.3 Å². The molecule has 6 nitrogen and oxygen atoms in total. The quantitative estimate of drug-likeness (QED) is 0.778. The zero-order chi connectivity index (χ0) is 21.0. The third kappa shape index (κ3) is 3.46. The van der Waals surface area contributed by atoms with Crippen LogP contribution < -0.4 is 9.62 Å². The minimum atomic E-state index is -3.77. The van der Waals surface area contributed by atoms with Gasteiger partial charge in [0.2, 0.25) is 21.8 Å². The molecule has 2 unspecified atom stereocenters. The van der Waals surface area contributed by atoms with E-state index in [0.717, 1.165) is 25.7 Å². The molecule has 2 fully saturated rings. The van der Waals surface area contributed by atoms with Gasteiger partial charge in [0.1, 0.15) is 0 Å². The van der Waals surface area contributed by atoms with Crippen LogP contribution in [0.3, 0.4) is 0 Å². The van der Waals surface area contributed by atoms with Gasteiger partial charge in [-0.25, -0.2) is 18.0 Å². The van der Waals surface area contributed by atoms with E-state index in [4.69, 9.17) is 0 Å². The molecule has 0 aromatic heterocycles. The van der Waals surface area contributed by atoms with Crippen LogP contribution in [0.2, 0.25) is 0 Å². The number of hydrogen-bond acceptors (Lipinski definition) is 4. The minimum absolute atomic E-state index is 0.142. The lowest BCUT2D eigenvalue weighted by molar-refractivity contribution is -0.122. The Hall–Kier alpha value is -2.25. The van der Waals surface area contributed by atoms with Gasteiger partial charge in [-0.2, -0.15) is 0 Å². The number of amides is 2. The van der Waals surface area contributed by atoms with Crippen molar-refractivity contribution < 1.29 is 18.0 Å². The fourth-order valence-electron chi connectivity index (χ4n) is 4.55. The van der Waals surface area contributed by atoms with Crippen molar-refractivity contribution in [3.63, 3.8) is 0 Å².